The SMILES string of the molecule is Cc1ccc(Cl)cc1C(=O)N1CCCC1CCCCl. The molecule has 1 atom stereocenters. The molecule has 1 aliphatic heterocycles. The van der Waals surface area contributed by atoms with Crippen molar-refractivity contribution in [2.24, 2.45) is 0 Å². The van der Waals surface area contributed by atoms with Gasteiger partial charge in [0.2, 0.25) is 0 Å². The van der Waals surface area contributed by atoms with Crippen molar-refractivity contribution in [1.29, 1.82) is 0 Å². The minimum atomic E-state index is 0.108. The highest BCUT2D eigenvalue weighted by molar-refractivity contribution is 6.31. The Balaban J connectivity index is 2.16. The lowest BCUT2D eigenvalue weighted by molar-refractivity contribution is 0.0729. The Morgan fingerprint density at radius 1 is 1.47 bits per heavy atom. The fourth-order valence-electron chi connectivity index (χ4n) is 2.70. The Bertz CT molecular complexity index is 461. The minimum absolute atomic E-state index is 0.108. The van der Waals surface area contributed by atoms with Crippen LogP contribution in [0.3, 0.4) is 0 Å². The molecule has 0 saturated carbocycles. The summed E-state index contributed by atoms with van der Waals surface area (Å²) in [6, 6.07) is 5.84. The van der Waals surface area contributed by atoms with Gasteiger partial charge in [-0.2, -0.15) is 0 Å². The van der Waals surface area contributed by atoms with Crippen LogP contribution in [0.1, 0.15) is 41.6 Å². The van der Waals surface area contributed by atoms with Crippen molar-refractivity contribution < 1.29 is 4.79 Å². The van der Waals surface area contributed by atoms with Crippen LogP contribution in [0.4, 0.5) is 0 Å². The van der Waals surface area contributed by atoms with Crippen LogP contribution in [0, 0.1) is 6.92 Å². The molecule has 19 heavy (non-hydrogen) atoms. The second-order valence-corrected chi connectivity index (χ2v) is 5.90. The molecule has 1 saturated heterocycles. The molecule has 4 heteroatoms. The maximum Gasteiger partial charge on any atom is 0.254 e. The number of hydrogen-bond acceptors (Lipinski definition) is 1. The van der Waals surface area contributed by atoms with E-state index in [9.17, 15) is 4.79 Å². The lowest BCUT2D eigenvalue weighted by atomic mass is 10.1. The molecule has 0 aliphatic carbocycles. The highest BCUT2D eigenvalue weighted by Gasteiger charge is 2.29. The van der Waals surface area contributed by atoms with E-state index in [1.54, 1.807) is 6.07 Å². The first-order valence-corrected chi connectivity index (χ1v) is 7.68. The number of carbonyl (C=O) groups is 1. The number of carbonyl (C=O) groups excluding carboxylic acids is 1. The molecule has 0 radical (unpaired) electrons. The highest BCUT2D eigenvalue weighted by atomic mass is 35.5. The summed E-state index contributed by atoms with van der Waals surface area (Å²) in [6.07, 6.45) is 4.12. The fraction of sp³-hybridized carbons (Fsp3) is 0.533. The van der Waals surface area contributed by atoms with Gasteiger partial charge < -0.3 is 4.90 Å². The Morgan fingerprint density at radius 3 is 3.00 bits per heavy atom. The molecule has 0 bridgehead atoms. The lowest BCUT2D eigenvalue weighted by Gasteiger charge is -2.25. The molecule has 1 heterocycles. The van der Waals surface area contributed by atoms with E-state index in [1.807, 2.05) is 24.0 Å². The van der Waals surface area contributed by atoms with Crippen LogP contribution in [0.25, 0.3) is 0 Å². The summed E-state index contributed by atoms with van der Waals surface area (Å²) in [5, 5.41) is 0.616. The third-order valence-corrected chi connectivity index (χ3v) is 4.24. The summed E-state index contributed by atoms with van der Waals surface area (Å²) in [7, 11) is 0. The standard InChI is InChI=1S/C15H19Cl2NO/c1-11-6-7-12(17)10-14(11)15(19)18-9-3-5-13(18)4-2-8-16/h6-7,10,13H,2-5,8-9H2,1H3. The van der Waals surface area contributed by atoms with Gasteiger partial charge in [0.1, 0.15) is 0 Å². The molecular formula is C15H19Cl2NO. The number of alkyl halides is 1. The summed E-state index contributed by atoms with van der Waals surface area (Å²) >= 11 is 11.7. The zero-order chi connectivity index (χ0) is 13.8. The van der Waals surface area contributed by atoms with Gasteiger partial charge in [0.15, 0.2) is 0 Å². The predicted molar refractivity (Wildman–Crippen MR) is 80.2 cm³/mol. The zero-order valence-electron chi connectivity index (χ0n) is 11.2. The van der Waals surface area contributed by atoms with Gasteiger partial charge in [-0.1, -0.05) is 17.7 Å². The van der Waals surface area contributed by atoms with Crippen molar-refractivity contribution >= 4 is 29.1 Å². The molecular weight excluding hydrogens is 281 g/mol. The van der Waals surface area contributed by atoms with E-state index in [-0.39, 0.29) is 5.91 Å². The topological polar surface area (TPSA) is 20.3 Å². The van der Waals surface area contributed by atoms with Crippen molar-refractivity contribution in [2.75, 3.05) is 12.4 Å². The molecule has 1 aliphatic rings. The monoisotopic (exact) mass is 299 g/mol. The number of nitrogens with zero attached hydrogens (tertiary/aromatic N) is 1. The lowest BCUT2D eigenvalue weighted by Crippen LogP contribution is -2.35. The average Bonchev–Trinajstić information content (AvgIpc) is 2.86. The van der Waals surface area contributed by atoms with Crippen LogP contribution in [0.2, 0.25) is 5.02 Å². The Morgan fingerprint density at radius 2 is 2.26 bits per heavy atom. The summed E-state index contributed by atoms with van der Waals surface area (Å²) in [5.74, 6) is 0.770. The van der Waals surface area contributed by atoms with Gasteiger partial charge in [0.05, 0.1) is 0 Å². The maximum absolute atomic E-state index is 12.6. The summed E-state index contributed by atoms with van der Waals surface area (Å²) in [5.41, 5.74) is 1.71. The second-order valence-electron chi connectivity index (χ2n) is 5.09. The van der Waals surface area contributed by atoms with E-state index >= 15 is 0 Å². The summed E-state index contributed by atoms with van der Waals surface area (Å²) in [6.45, 7) is 2.80. The van der Waals surface area contributed by atoms with Crippen LogP contribution >= 0.6 is 23.2 Å². The number of rotatable bonds is 4. The number of aryl methyl sites for hydroxylation is 1. The van der Waals surface area contributed by atoms with Crippen molar-refractivity contribution in [1.82, 2.24) is 4.90 Å². The molecule has 1 aromatic rings. The van der Waals surface area contributed by atoms with Crippen LogP contribution in [-0.4, -0.2) is 29.3 Å². The molecule has 1 aromatic carbocycles. The van der Waals surface area contributed by atoms with Crippen LogP contribution < -0.4 is 0 Å². The third-order valence-electron chi connectivity index (χ3n) is 3.74. The molecule has 2 nitrogen and oxygen atoms in total. The molecule has 2 rings (SSSR count). The van der Waals surface area contributed by atoms with Gasteiger partial charge in [-0.15, -0.1) is 11.6 Å². The Hall–Kier alpha value is -0.730. The largest absolute Gasteiger partial charge is 0.336 e. The minimum Gasteiger partial charge on any atom is -0.336 e. The van der Waals surface area contributed by atoms with E-state index in [4.69, 9.17) is 23.2 Å². The van der Waals surface area contributed by atoms with E-state index in [2.05, 4.69) is 0 Å². The maximum atomic E-state index is 12.6. The van der Waals surface area contributed by atoms with Gasteiger partial charge in [0.25, 0.3) is 5.91 Å². The van der Waals surface area contributed by atoms with Gasteiger partial charge in [0, 0.05) is 29.1 Å². The first-order chi connectivity index (χ1) is 9.13. The molecule has 0 N–H and O–H groups in total. The third kappa shape index (κ3) is 3.43. The van der Waals surface area contributed by atoms with E-state index in [0.29, 0.717) is 16.9 Å². The predicted octanol–water partition coefficient (Wildman–Crippen LogP) is 4.27. The first-order valence-electron chi connectivity index (χ1n) is 6.76. The molecule has 1 fully saturated rings. The smallest absolute Gasteiger partial charge is 0.254 e. The average molecular weight is 300 g/mol. The van der Waals surface area contributed by atoms with E-state index in [1.165, 1.54) is 0 Å². The number of halogens is 2. The number of amides is 1. The zero-order valence-corrected chi connectivity index (χ0v) is 12.7. The van der Waals surface area contributed by atoms with Crippen LogP contribution in [-0.2, 0) is 0 Å². The molecule has 104 valence electrons. The quantitative estimate of drug-likeness (QED) is 0.760. The Labute approximate surface area is 124 Å². The highest BCUT2D eigenvalue weighted by Crippen LogP contribution is 2.25. The molecule has 0 spiro atoms. The summed E-state index contributed by atoms with van der Waals surface area (Å²) < 4.78 is 0. The van der Waals surface area contributed by atoms with Gasteiger partial charge >= 0.3 is 0 Å². The van der Waals surface area contributed by atoms with Crippen molar-refractivity contribution in [3.8, 4) is 0 Å². The van der Waals surface area contributed by atoms with Crippen molar-refractivity contribution in [3.63, 3.8) is 0 Å². The Kier molecular flexibility index (Phi) is 5.12. The van der Waals surface area contributed by atoms with Crippen LogP contribution in [0.5, 0.6) is 0 Å². The van der Waals surface area contributed by atoms with Crippen LogP contribution in [0.15, 0.2) is 18.2 Å². The first kappa shape index (κ1) is 14.7. The normalized spacial score (nSPS) is 18.9. The van der Waals surface area contributed by atoms with E-state index in [0.717, 1.165) is 43.4 Å². The number of benzene rings is 1. The molecule has 0 aromatic heterocycles. The summed E-state index contributed by atoms with van der Waals surface area (Å²) in [4.78, 5) is 14.6. The van der Waals surface area contributed by atoms with Gasteiger partial charge in [-0.05, 0) is 50.3 Å². The molecule has 1 amide bonds. The van der Waals surface area contributed by atoms with Crippen molar-refractivity contribution in [3.05, 3.63) is 34.3 Å². The van der Waals surface area contributed by atoms with Gasteiger partial charge in [-0.3, -0.25) is 4.79 Å². The number of likely N-dealkylation sites (tertiary alicyclic amines) is 1. The second kappa shape index (κ2) is 6.62. The van der Waals surface area contributed by atoms with Crippen molar-refractivity contribution in [2.45, 2.75) is 38.6 Å². The fourth-order valence-corrected chi connectivity index (χ4v) is 3.02. The van der Waals surface area contributed by atoms with E-state index < -0.39 is 0 Å². The molecule has 1 unspecified atom stereocenters. The number of hydrogen-bond donors (Lipinski definition) is 0. The van der Waals surface area contributed by atoms with Gasteiger partial charge in [-0.25, -0.2) is 0 Å².